The number of hydrogen-bond donors (Lipinski definition) is 1. The van der Waals surface area contributed by atoms with E-state index in [1.54, 1.807) is 19.1 Å². The monoisotopic (exact) mass is 377 g/mol. The van der Waals surface area contributed by atoms with Crippen molar-refractivity contribution >= 4 is 64.1 Å². The summed E-state index contributed by atoms with van der Waals surface area (Å²) in [5.74, 6) is -2.05. The number of nitrogens with zero attached hydrogens (tertiary/aromatic N) is 2. The highest BCUT2D eigenvalue weighted by molar-refractivity contribution is 6.76. The fourth-order valence-corrected chi connectivity index (χ4v) is 2.17. The lowest BCUT2D eigenvalue weighted by Crippen LogP contribution is -2.42. The number of halogens is 3. The van der Waals surface area contributed by atoms with Crippen LogP contribution in [0.5, 0.6) is 0 Å². The SMILES string of the molecule is CCOC(=O)C1=NN(C(=O)Nc2ccc(Cl)cc2)C(=O)C1(Cl)Cl. The number of esters is 1. The van der Waals surface area contributed by atoms with Crippen LogP contribution in [0.15, 0.2) is 29.4 Å². The van der Waals surface area contributed by atoms with Crippen LogP contribution in [-0.4, -0.2) is 39.6 Å². The first-order chi connectivity index (χ1) is 10.8. The van der Waals surface area contributed by atoms with E-state index in [0.717, 1.165) is 0 Å². The molecule has 0 spiro atoms. The van der Waals surface area contributed by atoms with E-state index in [9.17, 15) is 14.4 Å². The first-order valence-electron chi connectivity index (χ1n) is 6.32. The van der Waals surface area contributed by atoms with E-state index in [1.807, 2.05) is 0 Å². The van der Waals surface area contributed by atoms with Crippen LogP contribution in [0.2, 0.25) is 5.02 Å². The van der Waals surface area contributed by atoms with E-state index in [4.69, 9.17) is 39.5 Å². The highest BCUT2D eigenvalue weighted by Gasteiger charge is 2.54. The molecule has 0 fully saturated rings. The maximum atomic E-state index is 12.1. The molecule has 0 bridgehead atoms. The van der Waals surface area contributed by atoms with Crippen molar-refractivity contribution in [1.29, 1.82) is 0 Å². The van der Waals surface area contributed by atoms with E-state index in [0.29, 0.717) is 15.7 Å². The smallest absolute Gasteiger partial charge is 0.358 e. The number of hydrogen-bond acceptors (Lipinski definition) is 5. The van der Waals surface area contributed by atoms with Crippen molar-refractivity contribution in [2.24, 2.45) is 5.10 Å². The third kappa shape index (κ3) is 3.57. The molecule has 1 N–H and O–H groups in total. The Morgan fingerprint density at radius 3 is 2.48 bits per heavy atom. The van der Waals surface area contributed by atoms with Gasteiger partial charge in [-0.05, 0) is 31.2 Å². The standard InChI is InChI=1S/C13H10Cl3N3O4/c1-2-23-10(20)9-13(15,16)11(21)19(18-9)12(22)17-8-5-3-7(14)4-6-8/h3-6H,2H2,1H3,(H,17,22). The van der Waals surface area contributed by atoms with E-state index in [2.05, 4.69) is 10.4 Å². The number of carbonyl (C=O) groups excluding carboxylic acids is 3. The van der Waals surface area contributed by atoms with E-state index >= 15 is 0 Å². The van der Waals surface area contributed by atoms with Gasteiger partial charge in [0.15, 0.2) is 5.71 Å². The Labute approximate surface area is 146 Å². The van der Waals surface area contributed by atoms with Gasteiger partial charge in [-0.15, -0.1) is 5.01 Å². The molecule has 122 valence electrons. The highest BCUT2D eigenvalue weighted by Crippen LogP contribution is 2.32. The van der Waals surface area contributed by atoms with Crippen LogP contribution in [-0.2, 0) is 14.3 Å². The third-order valence-electron chi connectivity index (χ3n) is 2.72. The Bertz CT molecular complexity index is 688. The minimum atomic E-state index is -2.29. The first kappa shape index (κ1) is 17.5. The summed E-state index contributed by atoms with van der Waals surface area (Å²) >= 11 is 17.4. The number of anilines is 1. The van der Waals surface area contributed by atoms with Gasteiger partial charge in [-0.2, -0.15) is 5.10 Å². The Balaban J connectivity index is 2.21. The van der Waals surface area contributed by atoms with Gasteiger partial charge in [-0.1, -0.05) is 34.8 Å². The number of alkyl halides is 2. The van der Waals surface area contributed by atoms with Crippen LogP contribution in [0.4, 0.5) is 10.5 Å². The van der Waals surface area contributed by atoms with Gasteiger partial charge >= 0.3 is 12.0 Å². The Hall–Kier alpha value is -1.83. The fourth-order valence-electron chi connectivity index (χ4n) is 1.66. The number of benzene rings is 1. The van der Waals surface area contributed by atoms with Gasteiger partial charge in [0, 0.05) is 10.7 Å². The van der Waals surface area contributed by atoms with E-state index < -0.39 is 28.0 Å². The quantitative estimate of drug-likeness (QED) is 0.647. The van der Waals surface area contributed by atoms with Crippen molar-refractivity contribution in [3.63, 3.8) is 0 Å². The predicted molar refractivity (Wildman–Crippen MR) is 85.8 cm³/mol. The van der Waals surface area contributed by atoms with Gasteiger partial charge in [0.1, 0.15) is 0 Å². The Morgan fingerprint density at radius 2 is 1.91 bits per heavy atom. The molecule has 1 aliphatic heterocycles. The number of nitrogens with one attached hydrogen (secondary N) is 1. The molecule has 1 heterocycles. The third-order valence-corrected chi connectivity index (χ3v) is 3.65. The second-order valence-corrected chi connectivity index (χ2v) is 6.06. The largest absolute Gasteiger partial charge is 0.461 e. The number of urea groups is 1. The lowest BCUT2D eigenvalue weighted by molar-refractivity contribution is -0.135. The molecule has 0 saturated carbocycles. The van der Waals surface area contributed by atoms with Crippen LogP contribution < -0.4 is 5.32 Å². The number of rotatable bonds is 3. The number of hydrazone groups is 1. The average molecular weight is 379 g/mol. The molecule has 1 aliphatic rings. The van der Waals surface area contributed by atoms with Gasteiger partial charge in [0.25, 0.3) is 5.91 Å². The summed E-state index contributed by atoms with van der Waals surface area (Å²) in [6, 6.07) is 5.20. The molecule has 3 amide bonds. The summed E-state index contributed by atoms with van der Waals surface area (Å²) in [5.41, 5.74) is -0.208. The minimum absolute atomic E-state index is 0.0346. The van der Waals surface area contributed by atoms with Crippen molar-refractivity contribution < 1.29 is 19.1 Å². The fraction of sp³-hybridized carbons (Fsp3) is 0.231. The zero-order valence-electron chi connectivity index (χ0n) is 11.7. The predicted octanol–water partition coefficient (Wildman–Crippen LogP) is 2.81. The minimum Gasteiger partial charge on any atom is -0.461 e. The summed E-state index contributed by atoms with van der Waals surface area (Å²) in [4.78, 5) is 35.9. The normalized spacial score (nSPS) is 16.1. The zero-order valence-corrected chi connectivity index (χ0v) is 13.9. The molecule has 10 heteroatoms. The van der Waals surface area contributed by atoms with Crippen molar-refractivity contribution in [3.05, 3.63) is 29.3 Å². The molecule has 1 aromatic rings. The van der Waals surface area contributed by atoms with Crippen molar-refractivity contribution in [1.82, 2.24) is 5.01 Å². The molecule has 0 unspecified atom stereocenters. The molecule has 0 aromatic heterocycles. The van der Waals surface area contributed by atoms with Crippen LogP contribution in [0.25, 0.3) is 0 Å². The molecule has 23 heavy (non-hydrogen) atoms. The van der Waals surface area contributed by atoms with E-state index in [-0.39, 0.29) is 6.61 Å². The first-order valence-corrected chi connectivity index (χ1v) is 7.46. The molecule has 2 rings (SSSR count). The number of ether oxygens (including phenoxy) is 1. The summed E-state index contributed by atoms with van der Waals surface area (Å²) in [5, 5.41) is 6.83. The number of imide groups is 1. The van der Waals surface area contributed by atoms with Crippen LogP contribution in [0.1, 0.15) is 6.92 Å². The van der Waals surface area contributed by atoms with E-state index in [1.165, 1.54) is 12.1 Å². The van der Waals surface area contributed by atoms with Gasteiger partial charge in [-0.25, -0.2) is 9.59 Å². The molecular weight excluding hydrogens is 369 g/mol. The molecular formula is C13H10Cl3N3O4. The average Bonchev–Trinajstić information content (AvgIpc) is 2.73. The molecule has 7 nitrogen and oxygen atoms in total. The van der Waals surface area contributed by atoms with Crippen molar-refractivity contribution in [2.75, 3.05) is 11.9 Å². The second-order valence-electron chi connectivity index (χ2n) is 4.30. The molecule has 0 radical (unpaired) electrons. The van der Waals surface area contributed by atoms with Crippen molar-refractivity contribution in [3.8, 4) is 0 Å². The molecule has 0 atom stereocenters. The van der Waals surface area contributed by atoms with Crippen molar-refractivity contribution in [2.45, 2.75) is 11.3 Å². The van der Waals surface area contributed by atoms with Crippen LogP contribution >= 0.6 is 34.8 Å². The number of carbonyl (C=O) groups is 3. The molecule has 1 aromatic carbocycles. The summed E-state index contributed by atoms with van der Waals surface area (Å²) < 4.78 is 2.42. The summed E-state index contributed by atoms with van der Waals surface area (Å²) in [7, 11) is 0. The summed E-state index contributed by atoms with van der Waals surface area (Å²) in [6.07, 6.45) is 0. The Kier molecular flexibility index (Phi) is 5.13. The maximum absolute atomic E-state index is 12.1. The van der Waals surface area contributed by atoms with Gasteiger partial charge in [-0.3, -0.25) is 4.79 Å². The maximum Gasteiger partial charge on any atom is 0.358 e. The topological polar surface area (TPSA) is 88.1 Å². The number of amides is 3. The highest BCUT2D eigenvalue weighted by atomic mass is 35.5. The van der Waals surface area contributed by atoms with Crippen LogP contribution in [0, 0.1) is 0 Å². The van der Waals surface area contributed by atoms with Gasteiger partial charge in [0.2, 0.25) is 4.33 Å². The van der Waals surface area contributed by atoms with Gasteiger partial charge < -0.3 is 10.1 Å². The van der Waals surface area contributed by atoms with Crippen LogP contribution in [0.3, 0.4) is 0 Å². The summed E-state index contributed by atoms with van der Waals surface area (Å²) in [6.45, 7) is 1.59. The van der Waals surface area contributed by atoms with Gasteiger partial charge in [0.05, 0.1) is 6.61 Å². The lowest BCUT2D eigenvalue weighted by atomic mass is 10.2. The molecule has 0 saturated heterocycles. The Morgan fingerprint density at radius 1 is 1.30 bits per heavy atom. The molecule has 0 aliphatic carbocycles. The second kappa shape index (κ2) is 6.74. The lowest BCUT2D eigenvalue weighted by Gasteiger charge is -2.14. The zero-order chi connectivity index (χ0) is 17.2.